The van der Waals surface area contributed by atoms with Crippen LogP contribution in [0.3, 0.4) is 0 Å². The SMILES string of the molecule is Fc1cc(F)cc(/C=C(/CBr)C2CCCCC2)c1. The molecule has 0 aromatic heterocycles. The van der Waals surface area contributed by atoms with Crippen molar-refractivity contribution in [3.8, 4) is 0 Å². The van der Waals surface area contributed by atoms with Crippen LogP contribution in [0.4, 0.5) is 8.78 Å². The van der Waals surface area contributed by atoms with Gasteiger partial charge < -0.3 is 0 Å². The minimum Gasteiger partial charge on any atom is -0.207 e. The van der Waals surface area contributed by atoms with Gasteiger partial charge >= 0.3 is 0 Å². The van der Waals surface area contributed by atoms with Gasteiger partial charge in [0, 0.05) is 11.4 Å². The van der Waals surface area contributed by atoms with Crippen LogP contribution in [-0.4, -0.2) is 5.33 Å². The summed E-state index contributed by atoms with van der Waals surface area (Å²) < 4.78 is 26.3. The van der Waals surface area contributed by atoms with E-state index in [0.29, 0.717) is 11.5 Å². The summed E-state index contributed by atoms with van der Waals surface area (Å²) >= 11 is 3.49. The van der Waals surface area contributed by atoms with Gasteiger partial charge in [0.2, 0.25) is 0 Å². The van der Waals surface area contributed by atoms with Gasteiger partial charge in [0.25, 0.3) is 0 Å². The van der Waals surface area contributed by atoms with Crippen LogP contribution in [0.2, 0.25) is 0 Å². The third-order valence-electron chi connectivity index (χ3n) is 3.52. The van der Waals surface area contributed by atoms with Crippen LogP contribution in [0.5, 0.6) is 0 Å². The van der Waals surface area contributed by atoms with Crippen LogP contribution in [0, 0.1) is 17.6 Å². The average Bonchev–Trinajstić information content (AvgIpc) is 2.36. The lowest BCUT2D eigenvalue weighted by Gasteiger charge is -2.23. The maximum absolute atomic E-state index is 13.1. The highest BCUT2D eigenvalue weighted by Crippen LogP contribution is 2.31. The molecule has 2 rings (SSSR count). The van der Waals surface area contributed by atoms with Gasteiger partial charge in [-0.25, -0.2) is 8.78 Å². The first-order chi connectivity index (χ1) is 8.69. The van der Waals surface area contributed by atoms with E-state index in [9.17, 15) is 8.78 Å². The minimum absolute atomic E-state index is 0.515. The van der Waals surface area contributed by atoms with Crippen molar-refractivity contribution in [3.05, 3.63) is 41.0 Å². The third kappa shape index (κ3) is 3.64. The molecule has 0 nitrogen and oxygen atoms in total. The van der Waals surface area contributed by atoms with E-state index in [0.717, 1.165) is 11.4 Å². The Morgan fingerprint density at radius 3 is 2.28 bits per heavy atom. The Morgan fingerprint density at radius 1 is 1.11 bits per heavy atom. The Kier molecular flexibility index (Phi) is 4.93. The summed E-state index contributed by atoms with van der Waals surface area (Å²) in [6.07, 6.45) is 8.13. The second kappa shape index (κ2) is 6.46. The molecule has 0 atom stereocenters. The van der Waals surface area contributed by atoms with Crippen molar-refractivity contribution in [2.75, 3.05) is 5.33 Å². The summed E-state index contributed by atoms with van der Waals surface area (Å²) in [5.74, 6) is -0.470. The first kappa shape index (κ1) is 13.7. The molecule has 0 saturated heterocycles. The van der Waals surface area contributed by atoms with Crippen molar-refractivity contribution in [3.63, 3.8) is 0 Å². The maximum atomic E-state index is 13.1. The summed E-state index contributed by atoms with van der Waals surface area (Å²) in [4.78, 5) is 0. The molecular weight excluding hydrogens is 298 g/mol. The van der Waals surface area contributed by atoms with E-state index >= 15 is 0 Å². The largest absolute Gasteiger partial charge is 0.207 e. The molecule has 1 aromatic rings. The molecule has 0 amide bonds. The molecular formula is C15H17BrF2. The number of hydrogen-bond acceptors (Lipinski definition) is 0. The molecule has 0 unspecified atom stereocenters. The number of alkyl halides is 1. The lowest BCUT2D eigenvalue weighted by Crippen LogP contribution is -2.10. The fourth-order valence-corrected chi connectivity index (χ4v) is 3.23. The zero-order valence-corrected chi connectivity index (χ0v) is 11.8. The molecule has 0 spiro atoms. The molecule has 0 bridgehead atoms. The Hall–Kier alpha value is -0.700. The summed E-state index contributed by atoms with van der Waals surface area (Å²) in [6.45, 7) is 0. The fraction of sp³-hybridized carbons (Fsp3) is 0.467. The monoisotopic (exact) mass is 314 g/mol. The standard InChI is InChI=1S/C15H17BrF2/c16-10-13(12-4-2-1-3-5-12)6-11-7-14(17)9-15(18)8-11/h6-9,12H,1-5,10H2/b13-6-. The number of allylic oxidation sites excluding steroid dienone is 1. The van der Waals surface area contributed by atoms with Gasteiger partial charge in [0.05, 0.1) is 0 Å². The van der Waals surface area contributed by atoms with Gasteiger partial charge in [0.1, 0.15) is 11.6 Å². The molecule has 0 heterocycles. The lowest BCUT2D eigenvalue weighted by atomic mass is 9.84. The number of hydrogen-bond donors (Lipinski definition) is 0. The van der Waals surface area contributed by atoms with Gasteiger partial charge in [0.15, 0.2) is 0 Å². The van der Waals surface area contributed by atoms with E-state index in [1.54, 1.807) is 0 Å². The zero-order valence-electron chi connectivity index (χ0n) is 10.3. The predicted octanol–water partition coefficient (Wildman–Crippen LogP) is 5.32. The maximum Gasteiger partial charge on any atom is 0.126 e. The minimum atomic E-state index is -0.515. The molecule has 1 fully saturated rings. The molecule has 18 heavy (non-hydrogen) atoms. The van der Waals surface area contributed by atoms with Gasteiger partial charge in [-0.3, -0.25) is 0 Å². The summed E-state index contributed by atoms with van der Waals surface area (Å²) in [7, 11) is 0. The topological polar surface area (TPSA) is 0 Å². The highest BCUT2D eigenvalue weighted by Gasteiger charge is 2.17. The van der Waals surface area contributed by atoms with Crippen molar-refractivity contribution in [2.24, 2.45) is 5.92 Å². The number of benzene rings is 1. The molecule has 1 aliphatic rings. The molecule has 0 radical (unpaired) electrons. The van der Waals surface area contributed by atoms with Gasteiger partial charge in [-0.05, 0) is 36.5 Å². The van der Waals surface area contributed by atoms with Crippen LogP contribution in [-0.2, 0) is 0 Å². The summed E-state index contributed by atoms with van der Waals surface area (Å²) in [5, 5.41) is 0.774. The van der Waals surface area contributed by atoms with Gasteiger partial charge in [-0.1, -0.05) is 46.8 Å². The Balaban J connectivity index is 2.22. The average molecular weight is 315 g/mol. The van der Waals surface area contributed by atoms with Crippen molar-refractivity contribution in [1.29, 1.82) is 0 Å². The highest BCUT2D eigenvalue weighted by atomic mass is 79.9. The van der Waals surface area contributed by atoms with Crippen LogP contribution in [0.15, 0.2) is 23.8 Å². The van der Waals surface area contributed by atoms with E-state index in [1.165, 1.54) is 49.8 Å². The molecule has 3 heteroatoms. The summed E-state index contributed by atoms with van der Waals surface area (Å²) in [5.41, 5.74) is 1.87. The second-order valence-electron chi connectivity index (χ2n) is 4.89. The van der Waals surface area contributed by atoms with Crippen LogP contribution < -0.4 is 0 Å². The number of rotatable bonds is 3. The molecule has 1 aromatic carbocycles. The normalized spacial score (nSPS) is 18.1. The van der Waals surface area contributed by atoms with Crippen molar-refractivity contribution < 1.29 is 8.78 Å². The lowest BCUT2D eigenvalue weighted by molar-refractivity contribution is 0.405. The predicted molar refractivity (Wildman–Crippen MR) is 74.7 cm³/mol. The fourth-order valence-electron chi connectivity index (χ4n) is 2.61. The van der Waals surface area contributed by atoms with E-state index < -0.39 is 11.6 Å². The highest BCUT2D eigenvalue weighted by molar-refractivity contribution is 9.09. The van der Waals surface area contributed by atoms with Crippen LogP contribution in [0.25, 0.3) is 6.08 Å². The molecule has 1 aliphatic carbocycles. The molecule has 0 aliphatic heterocycles. The Bertz CT molecular complexity index is 414. The van der Waals surface area contributed by atoms with Crippen LogP contribution >= 0.6 is 15.9 Å². The smallest absolute Gasteiger partial charge is 0.126 e. The zero-order chi connectivity index (χ0) is 13.0. The summed E-state index contributed by atoms with van der Waals surface area (Å²) in [6, 6.07) is 3.68. The first-order valence-corrected chi connectivity index (χ1v) is 7.53. The van der Waals surface area contributed by atoms with Gasteiger partial charge in [-0.2, -0.15) is 0 Å². The van der Waals surface area contributed by atoms with Crippen LogP contribution in [0.1, 0.15) is 37.7 Å². The first-order valence-electron chi connectivity index (χ1n) is 6.41. The van der Waals surface area contributed by atoms with E-state index in [-0.39, 0.29) is 0 Å². The Labute approximate surface area is 115 Å². The Morgan fingerprint density at radius 2 is 1.72 bits per heavy atom. The molecule has 0 N–H and O–H groups in total. The van der Waals surface area contributed by atoms with E-state index in [4.69, 9.17) is 0 Å². The van der Waals surface area contributed by atoms with Gasteiger partial charge in [-0.15, -0.1) is 0 Å². The third-order valence-corrected chi connectivity index (χ3v) is 4.17. The number of halogens is 3. The molecule has 98 valence electrons. The molecule has 1 saturated carbocycles. The quantitative estimate of drug-likeness (QED) is 0.662. The van der Waals surface area contributed by atoms with Crippen molar-refractivity contribution in [2.45, 2.75) is 32.1 Å². The van der Waals surface area contributed by atoms with E-state index in [1.807, 2.05) is 6.08 Å². The van der Waals surface area contributed by atoms with E-state index in [2.05, 4.69) is 15.9 Å². The second-order valence-corrected chi connectivity index (χ2v) is 5.45. The van der Waals surface area contributed by atoms with Crippen molar-refractivity contribution in [1.82, 2.24) is 0 Å². The van der Waals surface area contributed by atoms with Crippen molar-refractivity contribution >= 4 is 22.0 Å².